The predicted molar refractivity (Wildman–Crippen MR) is 123 cm³/mol. The van der Waals surface area contributed by atoms with E-state index in [2.05, 4.69) is 51.7 Å². The third-order valence-corrected chi connectivity index (χ3v) is 6.00. The molecule has 1 N–H and O–H groups in total. The van der Waals surface area contributed by atoms with E-state index in [1.165, 1.54) is 11.1 Å². The zero-order chi connectivity index (χ0) is 21.8. The molecule has 0 radical (unpaired) electrons. The van der Waals surface area contributed by atoms with E-state index in [0.717, 1.165) is 37.9 Å². The molecule has 5 rings (SSSR count). The first-order valence-corrected chi connectivity index (χ1v) is 11.1. The van der Waals surface area contributed by atoms with Gasteiger partial charge in [0.05, 0.1) is 0 Å². The van der Waals surface area contributed by atoms with Gasteiger partial charge in [-0.05, 0) is 48.6 Å². The highest BCUT2D eigenvalue weighted by Gasteiger charge is 2.40. The van der Waals surface area contributed by atoms with Crippen LogP contribution in [0.15, 0.2) is 78.6 Å². The lowest BCUT2D eigenvalue weighted by Gasteiger charge is -2.28. The number of nitrogens with zero attached hydrogens (tertiary/aromatic N) is 3. The van der Waals surface area contributed by atoms with Gasteiger partial charge in [-0.15, -0.1) is 0 Å². The van der Waals surface area contributed by atoms with Crippen molar-refractivity contribution in [1.29, 1.82) is 0 Å². The molecule has 2 atom stereocenters. The van der Waals surface area contributed by atoms with Crippen LogP contribution in [0.1, 0.15) is 36.3 Å². The van der Waals surface area contributed by atoms with Crippen LogP contribution in [0, 0.1) is 0 Å². The number of urea groups is 1. The predicted octanol–water partition coefficient (Wildman–Crippen LogP) is 5.01. The molecule has 0 spiro atoms. The Bertz CT molecular complexity index is 1090. The summed E-state index contributed by atoms with van der Waals surface area (Å²) in [4.78, 5) is 22.8. The lowest BCUT2D eigenvalue weighted by atomic mass is 10.0. The van der Waals surface area contributed by atoms with E-state index in [9.17, 15) is 4.79 Å². The Hall–Kier alpha value is -3.67. The van der Waals surface area contributed by atoms with E-state index >= 15 is 0 Å². The van der Waals surface area contributed by atoms with Crippen molar-refractivity contribution < 1.29 is 9.53 Å². The minimum absolute atomic E-state index is 0.0609. The number of amides is 2. The van der Waals surface area contributed by atoms with Gasteiger partial charge in [0.15, 0.2) is 0 Å². The normalized spacial score (nSPS) is 19.9. The molecule has 2 aromatic carbocycles. The van der Waals surface area contributed by atoms with Gasteiger partial charge in [-0.25, -0.2) is 14.8 Å². The van der Waals surface area contributed by atoms with Crippen molar-refractivity contribution >= 4 is 12.1 Å². The van der Waals surface area contributed by atoms with Gasteiger partial charge in [-0.1, -0.05) is 54.1 Å². The van der Waals surface area contributed by atoms with Crippen molar-refractivity contribution in [2.75, 3.05) is 13.1 Å². The number of aromatic nitrogens is 2. The van der Waals surface area contributed by atoms with Gasteiger partial charge in [0, 0.05) is 37.4 Å². The van der Waals surface area contributed by atoms with E-state index in [0.29, 0.717) is 17.7 Å². The van der Waals surface area contributed by atoms with Gasteiger partial charge >= 0.3 is 12.0 Å². The summed E-state index contributed by atoms with van der Waals surface area (Å²) >= 11 is 0. The summed E-state index contributed by atoms with van der Waals surface area (Å²) in [7, 11) is 0. The van der Waals surface area contributed by atoms with Gasteiger partial charge in [0.25, 0.3) is 0 Å². The molecule has 32 heavy (non-hydrogen) atoms. The topological polar surface area (TPSA) is 67.4 Å². The Morgan fingerprint density at radius 3 is 2.56 bits per heavy atom. The largest absolute Gasteiger partial charge is 0.424 e. The van der Waals surface area contributed by atoms with Gasteiger partial charge in [-0.2, -0.15) is 0 Å². The molecule has 6 heteroatoms. The van der Waals surface area contributed by atoms with Crippen molar-refractivity contribution in [1.82, 2.24) is 20.2 Å². The quantitative estimate of drug-likeness (QED) is 0.622. The Balaban J connectivity index is 1.13. The average Bonchev–Trinajstić information content (AvgIpc) is 3.60. The molecule has 0 bridgehead atoms. The van der Waals surface area contributed by atoms with Crippen LogP contribution in [0.3, 0.4) is 0 Å². The number of carbonyl (C=O) groups excluding carboxylic acids is 1. The molecular weight excluding hydrogens is 400 g/mol. The first-order valence-electron chi connectivity index (χ1n) is 11.1. The summed E-state index contributed by atoms with van der Waals surface area (Å²) < 4.78 is 5.73. The minimum atomic E-state index is 0.0609. The zero-order valence-electron chi connectivity index (χ0n) is 17.9. The number of rotatable bonds is 5. The van der Waals surface area contributed by atoms with Crippen molar-refractivity contribution in [3.63, 3.8) is 0 Å². The number of piperidine rings is 1. The minimum Gasteiger partial charge on any atom is -0.424 e. The number of likely N-dealkylation sites (tertiary alicyclic amines) is 1. The highest BCUT2D eigenvalue weighted by Crippen LogP contribution is 2.40. The third-order valence-electron chi connectivity index (χ3n) is 6.00. The number of hydrogen-bond acceptors (Lipinski definition) is 4. The van der Waals surface area contributed by atoms with E-state index < -0.39 is 0 Å². The maximum Gasteiger partial charge on any atom is 0.321 e. The maximum atomic E-state index is 12.7. The van der Waals surface area contributed by atoms with Gasteiger partial charge in [0.1, 0.15) is 5.75 Å². The number of nitrogens with one attached hydrogen (secondary N) is 1. The SMILES string of the molecule is O=C(N[C@H]1C[C@@H]1c1ccccc1)N1CCC(=Cc2cccc(Oc3ncccn3)c2)CC1. The van der Waals surface area contributed by atoms with Crippen molar-refractivity contribution in [3.8, 4) is 11.8 Å². The van der Waals surface area contributed by atoms with E-state index in [4.69, 9.17) is 4.74 Å². The van der Waals surface area contributed by atoms with Crippen molar-refractivity contribution in [3.05, 3.63) is 89.8 Å². The number of carbonyl (C=O) groups is 1. The molecule has 1 saturated carbocycles. The lowest BCUT2D eigenvalue weighted by molar-refractivity contribution is 0.193. The molecule has 1 aromatic heterocycles. The highest BCUT2D eigenvalue weighted by atomic mass is 16.5. The fraction of sp³-hybridized carbons (Fsp3) is 0.269. The van der Waals surface area contributed by atoms with E-state index in [1.807, 2.05) is 29.2 Å². The first kappa shape index (κ1) is 20.2. The second-order valence-electron chi connectivity index (χ2n) is 8.30. The van der Waals surface area contributed by atoms with Crippen LogP contribution >= 0.6 is 0 Å². The standard InChI is InChI=1S/C26H26N4O2/c31-26(29-24-18-23(24)21-7-2-1-3-8-21)30-14-10-19(11-15-30)16-20-6-4-9-22(17-20)32-25-27-12-5-13-28-25/h1-9,12-13,16-17,23-24H,10-11,14-15,18H2,(H,29,31)/t23-,24+/m1/s1. The Labute approximate surface area is 188 Å². The molecule has 1 saturated heterocycles. The molecule has 2 aliphatic rings. The summed E-state index contributed by atoms with van der Waals surface area (Å²) in [6.45, 7) is 1.49. The maximum absolute atomic E-state index is 12.7. The molecule has 2 fully saturated rings. The lowest BCUT2D eigenvalue weighted by Crippen LogP contribution is -2.44. The Morgan fingerprint density at radius 2 is 1.78 bits per heavy atom. The molecule has 6 nitrogen and oxygen atoms in total. The van der Waals surface area contributed by atoms with Gasteiger partial charge < -0.3 is 15.0 Å². The van der Waals surface area contributed by atoms with Gasteiger partial charge in [-0.3, -0.25) is 0 Å². The Kier molecular flexibility index (Phi) is 5.83. The van der Waals surface area contributed by atoms with Crippen LogP contribution in [-0.2, 0) is 0 Å². The van der Waals surface area contributed by atoms with Crippen LogP contribution in [0.25, 0.3) is 6.08 Å². The van der Waals surface area contributed by atoms with Crippen LogP contribution in [0.5, 0.6) is 11.8 Å². The zero-order valence-corrected chi connectivity index (χ0v) is 17.9. The fourth-order valence-corrected chi connectivity index (χ4v) is 4.16. The number of hydrogen-bond donors (Lipinski definition) is 1. The molecule has 0 unspecified atom stereocenters. The van der Waals surface area contributed by atoms with Crippen LogP contribution in [0.4, 0.5) is 4.79 Å². The molecule has 2 heterocycles. The molecule has 3 aromatic rings. The smallest absolute Gasteiger partial charge is 0.321 e. The van der Waals surface area contributed by atoms with Crippen LogP contribution < -0.4 is 10.1 Å². The summed E-state index contributed by atoms with van der Waals surface area (Å²) in [5.74, 6) is 1.16. The summed E-state index contributed by atoms with van der Waals surface area (Å²) in [5.41, 5.74) is 3.73. The molecule has 1 aliphatic carbocycles. The monoisotopic (exact) mass is 426 g/mol. The molecule has 2 amide bonds. The first-order chi connectivity index (χ1) is 15.7. The summed E-state index contributed by atoms with van der Waals surface area (Å²) in [5, 5.41) is 3.21. The second kappa shape index (κ2) is 9.22. The summed E-state index contributed by atoms with van der Waals surface area (Å²) in [6, 6.07) is 20.7. The van der Waals surface area contributed by atoms with E-state index in [1.54, 1.807) is 18.5 Å². The number of ether oxygens (including phenoxy) is 1. The third kappa shape index (κ3) is 4.97. The molecule has 162 valence electrons. The molecule has 1 aliphatic heterocycles. The van der Waals surface area contributed by atoms with E-state index in [-0.39, 0.29) is 12.1 Å². The van der Waals surface area contributed by atoms with Crippen molar-refractivity contribution in [2.45, 2.75) is 31.2 Å². The second-order valence-corrected chi connectivity index (χ2v) is 8.30. The Morgan fingerprint density at radius 1 is 1.00 bits per heavy atom. The average molecular weight is 427 g/mol. The molecular formula is C26H26N4O2. The van der Waals surface area contributed by atoms with Gasteiger partial charge in [0.2, 0.25) is 0 Å². The summed E-state index contributed by atoms with van der Waals surface area (Å²) in [6.07, 6.45) is 8.30. The van der Waals surface area contributed by atoms with Crippen LogP contribution in [-0.4, -0.2) is 40.0 Å². The van der Waals surface area contributed by atoms with Crippen molar-refractivity contribution in [2.24, 2.45) is 0 Å². The number of benzene rings is 2. The highest BCUT2D eigenvalue weighted by molar-refractivity contribution is 5.75. The van der Waals surface area contributed by atoms with Crippen LogP contribution in [0.2, 0.25) is 0 Å². The fourth-order valence-electron chi connectivity index (χ4n) is 4.16.